The Bertz CT molecular complexity index is 1170. The molecule has 0 nitrogen and oxygen atoms in total. The van der Waals surface area contributed by atoms with Crippen LogP contribution in [0.5, 0.6) is 0 Å². The van der Waals surface area contributed by atoms with Crippen molar-refractivity contribution in [1.82, 2.24) is 0 Å². The molecule has 0 aliphatic heterocycles. The third kappa shape index (κ3) is 2.32. The molecule has 0 fully saturated rings. The zero-order valence-electron chi connectivity index (χ0n) is 17.0. The Labute approximate surface area is 172 Å². The highest BCUT2D eigenvalue weighted by molar-refractivity contribution is 5.84. The number of rotatable bonds is 2. The minimum atomic E-state index is -0.0778. The largest absolute Gasteiger partial charge is 0.0619 e. The summed E-state index contributed by atoms with van der Waals surface area (Å²) < 4.78 is 0. The summed E-state index contributed by atoms with van der Waals surface area (Å²) in [6, 6.07) is 31.6. The van der Waals surface area contributed by atoms with E-state index in [-0.39, 0.29) is 5.41 Å². The van der Waals surface area contributed by atoms with E-state index in [2.05, 4.69) is 98.8 Å². The predicted molar refractivity (Wildman–Crippen MR) is 121 cm³/mol. The molecule has 0 heterocycles. The van der Waals surface area contributed by atoms with Crippen LogP contribution in [0, 0.1) is 0 Å². The zero-order chi connectivity index (χ0) is 19.6. The molecule has 4 aromatic carbocycles. The quantitative estimate of drug-likeness (QED) is 0.303. The average molecular weight is 373 g/mol. The SMILES string of the molecule is CC(C)(c1cccc2c1-c1ccccc1C2)c1cccc2c1-c1ccccc1C2. The van der Waals surface area contributed by atoms with Crippen molar-refractivity contribution in [3.63, 3.8) is 0 Å². The molecular weight excluding hydrogens is 348 g/mol. The molecule has 6 rings (SSSR count). The Morgan fingerprint density at radius 1 is 0.483 bits per heavy atom. The van der Waals surface area contributed by atoms with Crippen LogP contribution in [0.15, 0.2) is 84.9 Å². The Balaban J connectivity index is 1.60. The predicted octanol–water partition coefficient (Wildman–Crippen LogP) is 7.15. The molecule has 0 spiro atoms. The van der Waals surface area contributed by atoms with Gasteiger partial charge in [0.2, 0.25) is 0 Å². The van der Waals surface area contributed by atoms with E-state index in [4.69, 9.17) is 0 Å². The van der Waals surface area contributed by atoms with Gasteiger partial charge in [0.25, 0.3) is 0 Å². The summed E-state index contributed by atoms with van der Waals surface area (Å²) in [6.07, 6.45) is 2.09. The first kappa shape index (κ1) is 16.8. The number of benzene rings is 4. The molecule has 4 aromatic rings. The fourth-order valence-electron chi connectivity index (χ4n) is 5.56. The maximum absolute atomic E-state index is 2.40. The van der Waals surface area contributed by atoms with Crippen molar-refractivity contribution in [2.45, 2.75) is 32.1 Å². The van der Waals surface area contributed by atoms with Crippen molar-refractivity contribution in [3.8, 4) is 22.3 Å². The number of hydrogen-bond acceptors (Lipinski definition) is 0. The summed E-state index contributed by atoms with van der Waals surface area (Å²) in [5.74, 6) is 0. The molecule has 0 bridgehead atoms. The lowest BCUT2D eigenvalue weighted by Crippen LogP contribution is -2.21. The molecule has 0 heteroatoms. The Kier molecular flexibility index (Phi) is 3.44. The summed E-state index contributed by atoms with van der Waals surface area (Å²) in [7, 11) is 0. The smallest absolute Gasteiger partial charge is 0.0159 e. The summed E-state index contributed by atoms with van der Waals surface area (Å²) in [5, 5.41) is 0. The average Bonchev–Trinajstić information content (AvgIpc) is 3.31. The molecule has 0 saturated heterocycles. The van der Waals surface area contributed by atoms with Crippen molar-refractivity contribution in [1.29, 1.82) is 0 Å². The van der Waals surface area contributed by atoms with Gasteiger partial charge in [0, 0.05) is 5.41 Å². The van der Waals surface area contributed by atoms with Crippen LogP contribution < -0.4 is 0 Å². The Morgan fingerprint density at radius 3 is 1.38 bits per heavy atom. The van der Waals surface area contributed by atoms with Crippen molar-refractivity contribution in [3.05, 3.63) is 118 Å². The van der Waals surface area contributed by atoms with Gasteiger partial charge in [0.15, 0.2) is 0 Å². The third-order valence-corrected chi connectivity index (χ3v) is 6.98. The Morgan fingerprint density at radius 2 is 0.897 bits per heavy atom. The molecule has 0 saturated carbocycles. The molecule has 0 N–H and O–H groups in total. The van der Waals surface area contributed by atoms with Gasteiger partial charge in [0.1, 0.15) is 0 Å². The van der Waals surface area contributed by atoms with Crippen molar-refractivity contribution in [2.75, 3.05) is 0 Å². The fourth-order valence-corrected chi connectivity index (χ4v) is 5.56. The van der Waals surface area contributed by atoms with Gasteiger partial charge in [-0.05, 0) is 68.5 Å². The second-order valence-corrected chi connectivity index (χ2v) is 8.97. The Hall–Kier alpha value is -3.12. The van der Waals surface area contributed by atoms with Crippen LogP contribution in [0.25, 0.3) is 22.3 Å². The summed E-state index contributed by atoms with van der Waals surface area (Å²) in [4.78, 5) is 0. The summed E-state index contributed by atoms with van der Waals surface area (Å²) >= 11 is 0. The number of hydrogen-bond donors (Lipinski definition) is 0. The van der Waals surface area contributed by atoms with E-state index in [0.717, 1.165) is 12.8 Å². The van der Waals surface area contributed by atoms with Gasteiger partial charge < -0.3 is 0 Å². The highest BCUT2D eigenvalue weighted by Crippen LogP contribution is 2.49. The molecular formula is C29H24. The van der Waals surface area contributed by atoms with E-state index in [1.165, 1.54) is 55.6 Å². The van der Waals surface area contributed by atoms with Crippen LogP contribution in [0.3, 0.4) is 0 Å². The second kappa shape index (κ2) is 5.94. The van der Waals surface area contributed by atoms with Gasteiger partial charge in [-0.15, -0.1) is 0 Å². The van der Waals surface area contributed by atoms with Crippen molar-refractivity contribution >= 4 is 0 Å². The zero-order valence-corrected chi connectivity index (χ0v) is 17.0. The lowest BCUT2D eigenvalue weighted by atomic mass is 9.72. The molecule has 0 amide bonds. The van der Waals surface area contributed by atoms with Crippen LogP contribution in [0.4, 0.5) is 0 Å². The molecule has 0 radical (unpaired) electrons. The monoisotopic (exact) mass is 372 g/mol. The van der Waals surface area contributed by atoms with E-state index in [1.54, 1.807) is 0 Å². The van der Waals surface area contributed by atoms with Crippen LogP contribution in [-0.2, 0) is 18.3 Å². The molecule has 2 aliphatic carbocycles. The molecule has 0 atom stereocenters. The third-order valence-electron chi connectivity index (χ3n) is 6.98. The van der Waals surface area contributed by atoms with Crippen LogP contribution >= 0.6 is 0 Å². The standard InChI is InChI=1S/C29H24/c1-29(2,25-15-7-11-21-17-19-9-3-5-13-23(19)27(21)25)26-16-8-12-22-18-20-10-4-6-14-24(20)28(22)26/h3-16H,17-18H2,1-2H3. The van der Waals surface area contributed by atoms with E-state index in [1.807, 2.05) is 0 Å². The fraction of sp³-hybridized carbons (Fsp3) is 0.172. The maximum atomic E-state index is 2.40. The topological polar surface area (TPSA) is 0 Å². The maximum Gasteiger partial charge on any atom is 0.0159 e. The van der Waals surface area contributed by atoms with Crippen molar-refractivity contribution in [2.24, 2.45) is 0 Å². The van der Waals surface area contributed by atoms with Crippen molar-refractivity contribution < 1.29 is 0 Å². The van der Waals surface area contributed by atoms with E-state index >= 15 is 0 Å². The van der Waals surface area contributed by atoms with Gasteiger partial charge >= 0.3 is 0 Å². The summed E-state index contributed by atoms with van der Waals surface area (Å²) in [6.45, 7) is 4.81. The highest BCUT2D eigenvalue weighted by Gasteiger charge is 2.34. The molecule has 0 unspecified atom stereocenters. The van der Waals surface area contributed by atoms with Gasteiger partial charge in [-0.2, -0.15) is 0 Å². The first-order valence-corrected chi connectivity index (χ1v) is 10.6. The highest BCUT2D eigenvalue weighted by atomic mass is 14.4. The van der Waals surface area contributed by atoms with E-state index in [0.29, 0.717) is 0 Å². The van der Waals surface area contributed by atoms with Gasteiger partial charge in [0.05, 0.1) is 0 Å². The van der Waals surface area contributed by atoms with Gasteiger partial charge in [-0.25, -0.2) is 0 Å². The summed E-state index contributed by atoms with van der Waals surface area (Å²) in [5.41, 5.74) is 14.4. The first-order chi connectivity index (χ1) is 14.1. The normalized spacial score (nSPS) is 13.6. The van der Waals surface area contributed by atoms with E-state index in [9.17, 15) is 0 Å². The minimum absolute atomic E-state index is 0.0778. The van der Waals surface area contributed by atoms with Crippen LogP contribution in [-0.4, -0.2) is 0 Å². The number of fused-ring (bicyclic) bond motifs is 6. The molecule has 0 aromatic heterocycles. The second-order valence-electron chi connectivity index (χ2n) is 8.97. The molecule has 2 aliphatic rings. The van der Waals surface area contributed by atoms with E-state index < -0.39 is 0 Å². The van der Waals surface area contributed by atoms with Crippen LogP contribution in [0.1, 0.15) is 47.2 Å². The lowest BCUT2D eigenvalue weighted by Gasteiger charge is -2.31. The van der Waals surface area contributed by atoms with Gasteiger partial charge in [-0.1, -0.05) is 98.8 Å². The molecule has 29 heavy (non-hydrogen) atoms. The molecule has 140 valence electrons. The van der Waals surface area contributed by atoms with Crippen LogP contribution in [0.2, 0.25) is 0 Å². The van der Waals surface area contributed by atoms with Gasteiger partial charge in [-0.3, -0.25) is 0 Å². The minimum Gasteiger partial charge on any atom is -0.0619 e. The first-order valence-electron chi connectivity index (χ1n) is 10.6. The lowest BCUT2D eigenvalue weighted by molar-refractivity contribution is 0.644.